The molecule has 0 aromatic rings. The van der Waals surface area contributed by atoms with Crippen LogP contribution < -0.4 is 0 Å². The van der Waals surface area contributed by atoms with Crippen LogP contribution in [-0.4, -0.2) is 36.7 Å². The Morgan fingerprint density at radius 1 is 1.26 bits per heavy atom. The highest BCUT2D eigenvalue weighted by atomic mass is 32.2. The van der Waals surface area contributed by atoms with Gasteiger partial charge < -0.3 is 4.74 Å². The summed E-state index contributed by atoms with van der Waals surface area (Å²) in [4.78, 5) is 10.9. The quantitative estimate of drug-likeness (QED) is 0.337. The molecule has 0 fully saturated rings. The molecule has 0 aromatic heterocycles. The molecule has 0 atom stereocenters. The molecule has 0 saturated carbocycles. The number of ether oxygens (including phenoxy) is 1. The zero-order valence-corrected chi connectivity index (χ0v) is 11.0. The third kappa shape index (κ3) is 4.60. The predicted octanol–water partition coefficient (Wildman–Crippen LogP) is 2.08. The molecule has 0 heterocycles. The molecule has 0 bridgehead atoms. The van der Waals surface area contributed by atoms with Crippen LogP contribution in [0.1, 0.15) is 26.7 Å². The Bertz CT molecular complexity index is 418. The number of hydrogen-bond donors (Lipinski definition) is 1. The van der Waals surface area contributed by atoms with E-state index in [1.165, 1.54) is 13.8 Å². The van der Waals surface area contributed by atoms with Gasteiger partial charge >= 0.3 is 27.3 Å². The lowest BCUT2D eigenvalue weighted by atomic mass is 10.2. The van der Waals surface area contributed by atoms with Gasteiger partial charge in [0.1, 0.15) is 0 Å². The lowest BCUT2D eigenvalue weighted by Gasteiger charge is -2.23. The standard InChI is InChI=1S/C9H14F4O5S/c1-6(2)7(14)18-5-3-4-8(10,11)9(12,13)19(15,16)17/h6H,3-5H2,1-2H3,(H,15,16,17). The van der Waals surface area contributed by atoms with Crippen LogP contribution in [0.4, 0.5) is 17.6 Å². The Kier molecular flexibility index (Phi) is 5.75. The van der Waals surface area contributed by atoms with E-state index in [-0.39, 0.29) is 0 Å². The van der Waals surface area contributed by atoms with Gasteiger partial charge in [0.25, 0.3) is 0 Å². The summed E-state index contributed by atoms with van der Waals surface area (Å²) in [5.74, 6) is -6.14. The van der Waals surface area contributed by atoms with Crippen molar-refractivity contribution in [2.45, 2.75) is 37.9 Å². The van der Waals surface area contributed by atoms with Crippen LogP contribution in [0.2, 0.25) is 0 Å². The molecule has 0 aliphatic heterocycles. The van der Waals surface area contributed by atoms with Gasteiger partial charge in [-0.25, -0.2) is 0 Å². The second-order valence-electron chi connectivity index (χ2n) is 4.12. The molecule has 0 amide bonds. The van der Waals surface area contributed by atoms with Crippen LogP contribution in [0.5, 0.6) is 0 Å². The minimum Gasteiger partial charge on any atom is -0.465 e. The molecule has 10 heteroatoms. The molecule has 19 heavy (non-hydrogen) atoms. The zero-order chi connectivity index (χ0) is 15.5. The molecule has 114 valence electrons. The van der Waals surface area contributed by atoms with Gasteiger partial charge in [-0.05, 0) is 6.42 Å². The second-order valence-corrected chi connectivity index (χ2v) is 5.58. The highest BCUT2D eigenvalue weighted by Crippen LogP contribution is 2.41. The Morgan fingerprint density at radius 3 is 2.11 bits per heavy atom. The van der Waals surface area contributed by atoms with E-state index < -0.39 is 52.6 Å². The van der Waals surface area contributed by atoms with Crippen LogP contribution in [-0.2, 0) is 19.6 Å². The van der Waals surface area contributed by atoms with E-state index >= 15 is 0 Å². The Hall–Kier alpha value is -0.900. The van der Waals surface area contributed by atoms with Gasteiger partial charge in [0, 0.05) is 6.42 Å². The van der Waals surface area contributed by atoms with E-state index in [1.54, 1.807) is 0 Å². The van der Waals surface area contributed by atoms with Crippen molar-refractivity contribution in [3.63, 3.8) is 0 Å². The molecule has 0 unspecified atom stereocenters. The fourth-order valence-electron chi connectivity index (χ4n) is 0.968. The fourth-order valence-corrected chi connectivity index (χ4v) is 1.45. The molecular formula is C9H14F4O5S. The predicted molar refractivity (Wildman–Crippen MR) is 56.5 cm³/mol. The van der Waals surface area contributed by atoms with Gasteiger partial charge in [0.05, 0.1) is 12.5 Å². The molecule has 0 saturated heterocycles. The second kappa shape index (κ2) is 6.04. The van der Waals surface area contributed by atoms with Gasteiger partial charge in [0.2, 0.25) is 0 Å². The summed E-state index contributed by atoms with van der Waals surface area (Å²) < 4.78 is 84.2. The first-order chi connectivity index (χ1) is 8.33. The van der Waals surface area contributed by atoms with Gasteiger partial charge in [0.15, 0.2) is 0 Å². The molecule has 0 aliphatic rings. The average Bonchev–Trinajstić information content (AvgIpc) is 2.21. The van der Waals surface area contributed by atoms with Gasteiger partial charge in [-0.3, -0.25) is 9.35 Å². The first-order valence-electron chi connectivity index (χ1n) is 5.22. The van der Waals surface area contributed by atoms with Crippen LogP contribution >= 0.6 is 0 Å². The van der Waals surface area contributed by atoms with Crippen molar-refractivity contribution in [1.82, 2.24) is 0 Å². The minimum atomic E-state index is -6.22. The van der Waals surface area contributed by atoms with Crippen LogP contribution in [0.3, 0.4) is 0 Å². The highest BCUT2D eigenvalue weighted by molar-refractivity contribution is 7.87. The van der Waals surface area contributed by atoms with E-state index in [2.05, 4.69) is 4.74 Å². The molecule has 0 aromatic carbocycles. The number of esters is 1. The third-order valence-corrected chi connectivity index (χ3v) is 3.05. The zero-order valence-electron chi connectivity index (χ0n) is 10.2. The van der Waals surface area contributed by atoms with Crippen LogP contribution in [0.15, 0.2) is 0 Å². The number of carbonyl (C=O) groups excluding carboxylic acids is 1. The summed E-state index contributed by atoms with van der Waals surface area (Å²) in [6.07, 6.45) is -2.22. The summed E-state index contributed by atoms with van der Waals surface area (Å²) in [6, 6.07) is 0. The summed E-state index contributed by atoms with van der Waals surface area (Å²) in [5.41, 5.74) is 0. The third-order valence-electron chi connectivity index (χ3n) is 2.10. The van der Waals surface area contributed by atoms with Crippen LogP contribution in [0.25, 0.3) is 0 Å². The van der Waals surface area contributed by atoms with Gasteiger partial charge in [-0.2, -0.15) is 26.0 Å². The Labute approximate surface area is 107 Å². The summed E-state index contributed by atoms with van der Waals surface area (Å²) in [5, 5.41) is -5.58. The lowest BCUT2D eigenvalue weighted by Crippen LogP contribution is -2.46. The SMILES string of the molecule is CC(C)C(=O)OCCCC(F)(F)C(F)(F)S(=O)(=O)O. The minimum absolute atomic E-state index is 0.500. The molecule has 0 spiro atoms. The van der Waals surface area contributed by atoms with E-state index in [4.69, 9.17) is 4.55 Å². The summed E-state index contributed by atoms with van der Waals surface area (Å²) in [6.45, 7) is 2.43. The maximum Gasteiger partial charge on any atom is 0.431 e. The monoisotopic (exact) mass is 310 g/mol. The maximum atomic E-state index is 13.0. The van der Waals surface area contributed by atoms with Gasteiger partial charge in [-0.1, -0.05) is 13.8 Å². The number of carbonyl (C=O) groups is 1. The summed E-state index contributed by atoms with van der Waals surface area (Å²) in [7, 11) is -6.22. The molecule has 0 rings (SSSR count). The Morgan fingerprint density at radius 2 is 1.74 bits per heavy atom. The largest absolute Gasteiger partial charge is 0.465 e. The normalized spacial score (nSPS) is 13.7. The smallest absolute Gasteiger partial charge is 0.431 e. The van der Waals surface area contributed by atoms with Crippen molar-refractivity contribution < 1.29 is 40.1 Å². The number of alkyl halides is 4. The molecular weight excluding hydrogens is 296 g/mol. The lowest BCUT2D eigenvalue weighted by molar-refractivity contribution is -0.168. The van der Waals surface area contributed by atoms with E-state index in [0.717, 1.165) is 0 Å². The fraction of sp³-hybridized carbons (Fsp3) is 0.889. The first kappa shape index (κ1) is 18.1. The van der Waals surface area contributed by atoms with Crippen molar-refractivity contribution in [1.29, 1.82) is 0 Å². The van der Waals surface area contributed by atoms with Crippen molar-refractivity contribution in [3.8, 4) is 0 Å². The number of rotatable bonds is 7. The maximum absolute atomic E-state index is 13.0. The van der Waals surface area contributed by atoms with Crippen molar-refractivity contribution in [3.05, 3.63) is 0 Å². The van der Waals surface area contributed by atoms with Gasteiger partial charge in [-0.15, -0.1) is 0 Å². The number of hydrogen-bond acceptors (Lipinski definition) is 4. The molecule has 0 radical (unpaired) electrons. The van der Waals surface area contributed by atoms with Crippen molar-refractivity contribution >= 4 is 16.1 Å². The first-order valence-corrected chi connectivity index (χ1v) is 6.66. The topological polar surface area (TPSA) is 80.7 Å². The summed E-state index contributed by atoms with van der Waals surface area (Å²) >= 11 is 0. The van der Waals surface area contributed by atoms with Crippen LogP contribution in [0, 0.1) is 5.92 Å². The Balaban J connectivity index is 4.45. The average molecular weight is 310 g/mol. The highest BCUT2D eigenvalue weighted by Gasteiger charge is 2.64. The number of halogens is 4. The van der Waals surface area contributed by atoms with E-state index in [9.17, 15) is 30.8 Å². The van der Waals surface area contributed by atoms with Crippen molar-refractivity contribution in [2.24, 2.45) is 5.92 Å². The molecule has 5 nitrogen and oxygen atoms in total. The van der Waals surface area contributed by atoms with E-state index in [0.29, 0.717) is 0 Å². The molecule has 0 aliphatic carbocycles. The van der Waals surface area contributed by atoms with E-state index in [1.807, 2.05) is 0 Å². The molecule has 1 N–H and O–H groups in total. The van der Waals surface area contributed by atoms with Crippen molar-refractivity contribution in [2.75, 3.05) is 6.61 Å².